The fourth-order valence-corrected chi connectivity index (χ4v) is 5.35. The number of fused-ring (bicyclic) bond motifs is 2. The van der Waals surface area contributed by atoms with Crippen molar-refractivity contribution in [2.24, 2.45) is 5.92 Å². The van der Waals surface area contributed by atoms with Crippen LogP contribution in [0.1, 0.15) is 63.6 Å². The lowest BCUT2D eigenvalue weighted by Gasteiger charge is -2.26. The van der Waals surface area contributed by atoms with Gasteiger partial charge in [-0.1, -0.05) is 58.1 Å². The molecule has 0 saturated carbocycles. The Bertz CT molecular complexity index is 914. The summed E-state index contributed by atoms with van der Waals surface area (Å²) < 4.78 is 6.22. The van der Waals surface area contributed by atoms with Crippen molar-refractivity contribution >= 4 is 5.91 Å². The van der Waals surface area contributed by atoms with Gasteiger partial charge in [0.15, 0.2) is 0 Å². The number of allylic oxidation sites excluding steroid dienone is 4. The second kappa shape index (κ2) is 10.5. The van der Waals surface area contributed by atoms with E-state index in [1.54, 1.807) is 6.08 Å². The fraction of sp³-hybridized carbons (Fsp3) is 0.536. The number of benzene rings is 1. The van der Waals surface area contributed by atoms with Gasteiger partial charge in [0.2, 0.25) is 5.91 Å². The van der Waals surface area contributed by atoms with Gasteiger partial charge in [0.1, 0.15) is 17.8 Å². The van der Waals surface area contributed by atoms with E-state index in [2.05, 4.69) is 50.9 Å². The second-order valence-corrected chi connectivity index (χ2v) is 8.94. The Labute approximate surface area is 194 Å². The van der Waals surface area contributed by atoms with Crippen molar-refractivity contribution in [3.8, 4) is 5.75 Å². The zero-order valence-corrected chi connectivity index (χ0v) is 20.6. The van der Waals surface area contributed by atoms with Gasteiger partial charge in [-0.25, -0.2) is 0 Å². The largest absolute Gasteiger partial charge is 0.491 e. The molecule has 174 valence electrons. The molecule has 1 spiro atoms. The maximum absolute atomic E-state index is 14.2. The number of nitrogens with zero attached hydrogens (tertiary/aromatic N) is 1. The van der Waals surface area contributed by atoms with E-state index in [1.165, 1.54) is 11.1 Å². The van der Waals surface area contributed by atoms with Crippen molar-refractivity contribution < 1.29 is 9.53 Å². The molecule has 4 nitrogen and oxygen atoms in total. The molecule has 1 saturated heterocycles. The zero-order valence-electron chi connectivity index (χ0n) is 20.6. The summed E-state index contributed by atoms with van der Waals surface area (Å²) in [7, 11) is 1.99. The van der Waals surface area contributed by atoms with Crippen molar-refractivity contribution in [3.05, 3.63) is 64.9 Å². The summed E-state index contributed by atoms with van der Waals surface area (Å²) in [6.07, 6.45) is 11.1. The Balaban J connectivity index is 2.07. The molecule has 0 radical (unpaired) electrons. The van der Waals surface area contributed by atoms with Crippen LogP contribution < -0.4 is 10.1 Å². The number of carbonyl (C=O) groups is 1. The monoisotopic (exact) mass is 436 g/mol. The molecule has 1 aromatic carbocycles. The Morgan fingerprint density at radius 1 is 1.25 bits per heavy atom. The molecule has 1 aromatic rings. The molecule has 4 heteroatoms. The van der Waals surface area contributed by atoms with Crippen LogP contribution in [-0.2, 0) is 23.1 Å². The van der Waals surface area contributed by atoms with Crippen LogP contribution in [0.25, 0.3) is 0 Å². The lowest BCUT2D eigenvalue weighted by molar-refractivity contribution is -0.132. The molecule has 2 aliphatic heterocycles. The second-order valence-electron chi connectivity index (χ2n) is 8.94. The molecule has 0 aromatic heterocycles. The summed E-state index contributed by atoms with van der Waals surface area (Å²) in [5.41, 5.74) is 4.90. The fourth-order valence-electron chi connectivity index (χ4n) is 5.35. The van der Waals surface area contributed by atoms with E-state index in [0.29, 0.717) is 12.5 Å². The van der Waals surface area contributed by atoms with Crippen molar-refractivity contribution in [1.82, 2.24) is 10.2 Å². The van der Waals surface area contributed by atoms with Crippen LogP contribution in [0.2, 0.25) is 0 Å². The average Bonchev–Trinajstić information content (AvgIpc) is 3.29. The van der Waals surface area contributed by atoms with E-state index in [-0.39, 0.29) is 5.91 Å². The minimum absolute atomic E-state index is 0.149. The number of likely N-dealkylation sites (tertiary alicyclic amines) is 1. The highest BCUT2D eigenvalue weighted by Gasteiger charge is 2.58. The van der Waals surface area contributed by atoms with Crippen LogP contribution >= 0.6 is 0 Å². The number of nitrogens with one attached hydrogen (secondary N) is 1. The lowest BCUT2D eigenvalue weighted by Crippen LogP contribution is -2.41. The predicted octanol–water partition coefficient (Wildman–Crippen LogP) is 5.33. The molecule has 1 fully saturated rings. The van der Waals surface area contributed by atoms with Crippen LogP contribution in [0.3, 0.4) is 0 Å². The number of carbonyl (C=O) groups excluding carboxylic acids is 1. The van der Waals surface area contributed by atoms with Crippen LogP contribution in [0.5, 0.6) is 5.75 Å². The maximum Gasteiger partial charge on any atom is 0.245 e. The van der Waals surface area contributed by atoms with E-state index in [1.807, 2.05) is 24.9 Å². The molecular weight excluding hydrogens is 396 g/mol. The lowest BCUT2D eigenvalue weighted by atomic mass is 9.75. The number of ether oxygens (including phenoxy) is 1. The third kappa shape index (κ3) is 4.05. The highest BCUT2D eigenvalue weighted by molar-refractivity contribution is 6.01. The molecule has 1 N–H and O–H groups in total. The summed E-state index contributed by atoms with van der Waals surface area (Å²) in [6, 6.07) is 4.39. The summed E-state index contributed by atoms with van der Waals surface area (Å²) >= 11 is 0. The third-order valence-electron chi connectivity index (χ3n) is 7.22. The van der Waals surface area contributed by atoms with Gasteiger partial charge < -0.3 is 15.0 Å². The Kier molecular flexibility index (Phi) is 8.00. The molecule has 2 unspecified atom stereocenters. The molecule has 3 rings (SSSR count). The average molecular weight is 437 g/mol. The molecule has 0 bridgehead atoms. The van der Waals surface area contributed by atoms with Crippen molar-refractivity contribution in [2.45, 2.75) is 65.2 Å². The highest BCUT2D eigenvalue weighted by atomic mass is 16.5. The van der Waals surface area contributed by atoms with Crippen LogP contribution in [-0.4, -0.2) is 37.6 Å². The smallest absolute Gasteiger partial charge is 0.245 e. The van der Waals surface area contributed by atoms with Gasteiger partial charge in [0.05, 0.1) is 0 Å². The van der Waals surface area contributed by atoms with Gasteiger partial charge in [-0.05, 0) is 74.9 Å². The maximum atomic E-state index is 14.2. The van der Waals surface area contributed by atoms with Gasteiger partial charge in [-0.2, -0.15) is 0 Å². The SMILES string of the molecule is C=C/C=C1\C(=C/C)N(CC(CC)CCCNC)C(=O)C12COc1cc(CC)c(CC)cc12. The topological polar surface area (TPSA) is 41.6 Å². The first kappa shape index (κ1) is 24.3. The van der Waals surface area contributed by atoms with E-state index < -0.39 is 5.41 Å². The molecule has 2 aliphatic rings. The molecular formula is C28H40N2O2. The number of amides is 1. The number of hydrogen-bond acceptors (Lipinski definition) is 3. The summed E-state index contributed by atoms with van der Waals surface area (Å²) in [6.45, 7) is 14.7. The van der Waals surface area contributed by atoms with Crippen LogP contribution in [0, 0.1) is 5.92 Å². The van der Waals surface area contributed by atoms with E-state index in [4.69, 9.17) is 4.74 Å². The molecule has 0 aliphatic carbocycles. The van der Waals surface area contributed by atoms with E-state index in [0.717, 1.165) is 67.8 Å². The third-order valence-corrected chi connectivity index (χ3v) is 7.22. The molecule has 2 heterocycles. The Morgan fingerprint density at radius 3 is 2.56 bits per heavy atom. The molecule has 2 atom stereocenters. The number of hydrogen-bond donors (Lipinski definition) is 1. The highest BCUT2D eigenvalue weighted by Crippen LogP contribution is 2.53. The number of rotatable bonds is 10. The number of aryl methyl sites for hydroxylation is 2. The normalized spacial score (nSPS) is 23.3. The first-order chi connectivity index (χ1) is 15.5. The van der Waals surface area contributed by atoms with Crippen molar-refractivity contribution in [1.29, 1.82) is 0 Å². The molecule has 32 heavy (non-hydrogen) atoms. The van der Waals surface area contributed by atoms with Crippen LogP contribution in [0.4, 0.5) is 0 Å². The Hall–Kier alpha value is -2.33. The van der Waals surface area contributed by atoms with Crippen molar-refractivity contribution in [3.63, 3.8) is 0 Å². The van der Waals surface area contributed by atoms with Gasteiger partial charge in [0.25, 0.3) is 0 Å². The summed E-state index contributed by atoms with van der Waals surface area (Å²) in [5, 5.41) is 3.24. The standard InChI is InChI=1S/C28H40N2O2/c1-7-13-23-25(11-5)30(18-20(8-2)14-12-15-29-6)27(31)28(23)19-32-26-17-22(10-4)21(9-3)16-24(26)28/h7,11,13,16-17,20,29H,1,8-10,12,14-15,18-19H2,2-6H3/b23-13+,25-11+. The van der Waals surface area contributed by atoms with E-state index >= 15 is 0 Å². The summed E-state index contributed by atoms with van der Waals surface area (Å²) in [4.78, 5) is 16.2. The van der Waals surface area contributed by atoms with Crippen molar-refractivity contribution in [2.75, 3.05) is 26.7 Å². The minimum atomic E-state index is -0.773. The van der Waals surface area contributed by atoms with Gasteiger partial charge in [-0.15, -0.1) is 0 Å². The minimum Gasteiger partial charge on any atom is -0.491 e. The Morgan fingerprint density at radius 2 is 1.97 bits per heavy atom. The van der Waals surface area contributed by atoms with E-state index in [9.17, 15) is 4.79 Å². The van der Waals surface area contributed by atoms with Gasteiger partial charge in [-0.3, -0.25) is 4.79 Å². The van der Waals surface area contributed by atoms with Gasteiger partial charge in [0, 0.05) is 17.8 Å². The quantitative estimate of drug-likeness (QED) is 0.504. The molecule has 1 amide bonds. The first-order valence-electron chi connectivity index (χ1n) is 12.3. The predicted molar refractivity (Wildman–Crippen MR) is 133 cm³/mol. The van der Waals surface area contributed by atoms with Crippen LogP contribution in [0.15, 0.2) is 48.2 Å². The van der Waals surface area contributed by atoms with Gasteiger partial charge >= 0.3 is 0 Å². The zero-order chi connectivity index (χ0) is 23.3. The summed E-state index contributed by atoms with van der Waals surface area (Å²) in [5.74, 6) is 1.48. The first-order valence-corrected chi connectivity index (χ1v) is 12.3.